The second kappa shape index (κ2) is 4.69. The van der Waals surface area contributed by atoms with Crippen LogP contribution in [-0.2, 0) is 6.42 Å². The van der Waals surface area contributed by atoms with Crippen molar-refractivity contribution in [2.75, 3.05) is 0 Å². The van der Waals surface area contributed by atoms with Gasteiger partial charge in [0.05, 0.1) is 5.69 Å². The van der Waals surface area contributed by atoms with Crippen LogP contribution in [0.15, 0.2) is 18.3 Å². The van der Waals surface area contributed by atoms with Crippen molar-refractivity contribution in [3.63, 3.8) is 0 Å². The monoisotopic (exact) mass is 262 g/mol. The molecule has 2 aromatic heterocycles. The van der Waals surface area contributed by atoms with Crippen LogP contribution in [0.3, 0.4) is 0 Å². The summed E-state index contributed by atoms with van der Waals surface area (Å²) in [5, 5.41) is 5.03. The molecular formula is C13H15ClN4. The molecule has 0 radical (unpaired) electrons. The van der Waals surface area contributed by atoms with Crippen molar-refractivity contribution in [1.82, 2.24) is 19.7 Å². The van der Waals surface area contributed by atoms with E-state index >= 15 is 0 Å². The molecular weight excluding hydrogens is 248 g/mol. The Kier molecular flexibility index (Phi) is 3.04. The fraction of sp³-hybridized carbons (Fsp3) is 0.462. The van der Waals surface area contributed by atoms with E-state index in [0.29, 0.717) is 11.1 Å². The molecule has 2 heterocycles. The molecule has 0 unspecified atom stereocenters. The lowest BCUT2D eigenvalue weighted by Gasteiger charge is -2.04. The van der Waals surface area contributed by atoms with Crippen molar-refractivity contribution in [2.24, 2.45) is 0 Å². The van der Waals surface area contributed by atoms with Crippen molar-refractivity contribution in [2.45, 2.75) is 38.5 Å². The van der Waals surface area contributed by atoms with Crippen LogP contribution >= 0.6 is 11.6 Å². The first-order valence-electron chi connectivity index (χ1n) is 6.35. The molecule has 0 amide bonds. The van der Waals surface area contributed by atoms with Gasteiger partial charge in [0, 0.05) is 24.6 Å². The van der Waals surface area contributed by atoms with Gasteiger partial charge >= 0.3 is 0 Å². The van der Waals surface area contributed by atoms with Gasteiger partial charge in [-0.15, -0.1) is 0 Å². The Balaban J connectivity index is 1.93. The van der Waals surface area contributed by atoms with E-state index in [1.165, 1.54) is 12.8 Å². The average Bonchev–Trinajstić information content (AvgIpc) is 3.07. The largest absolute Gasteiger partial charge is 0.222 e. The maximum absolute atomic E-state index is 6.03. The summed E-state index contributed by atoms with van der Waals surface area (Å²) in [6.45, 7) is 2.10. The van der Waals surface area contributed by atoms with E-state index in [4.69, 9.17) is 11.6 Å². The molecule has 1 fully saturated rings. The lowest BCUT2D eigenvalue weighted by Crippen LogP contribution is -2.04. The summed E-state index contributed by atoms with van der Waals surface area (Å²) in [7, 11) is 0. The maximum Gasteiger partial charge on any atom is 0.158 e. The van der Waals surface area contributed by atoms with Crippen LogP contribution < -0.4 is 0 Å². The lowest BCUT2D eigenvalue weighted by atomic mass is 10.3. The summed E-state index contributed by atoms with van der Waals surface area (Å²) in [6.07, 6.45) is 6.30. The fourth-order valence-corrected chi connectivity index (χ4v) is 2.16. The summed E-state index contributed by atoms with van der Waals surface area (Å²) < 4.78 is 1.79. The Morgan fingerprint density at radius 1 is 1.39 bits per heavy atom. The smallest absolute Gasteiger partial charge is 0.158 e. The van der Waals surface area contributed by atoms with Crippen molar-refractivity contribution in [1.29, 1.82) is 0 Å². The Labute approximate surface area is 111 Å². The third kappa shape index (κ3) is 2.38. The molecule has 2 aromatic rings. The Morgan fingerprint density at radius 3 is 2.94 bits per heavy atom. The van der Waals surface area contributed by atoms with Gasteiger partial charge in [-0.1, -0.05) is 18.5 Å². The summed E-state index contributed by atoms with van der Waals surface area (Å²) in [5.74, 6) is 2.19. The fourth-order valence-electron chi connectivity index (χ4n) is 1.97. The number of aromatic nitrogens is 4. The van der Waals surface area contributed by atoms with E-state index in [0.717, 1.165) is 30.2 Å². The first kappa shape index (κ1) is 11.7. The van der Waals surface area contributed by atoms with E-state index in [-0.39, 0.29) is 0 Å². The number of halogens is 1. The van der Waals surface area contributed by atoms with Gasteiger partial charge in [0.1, 0.15) is 11.0 Å². The molecule has 1 saturated carbocycles. The maximum atomic E-state index is 6.03. The molecule has 94 valence electrons. The van der Waals surface area contributed by atoms with Crippen LogP contribution in [0.25, 0.3) is 5.82 Å². The number of aryl methyl sites for hydroxylation is 1. The molecule has 0 aliphatic heterocycles. The molecule has 1 aliphatic carbocycles. The molecule has 4 nitrogen and oxygen atoms in total. The molecule has 18 heavy (non-hydrogen) atoms. The highest BCUT2D eigenvalue weighted by Gasteiger charge is 2.26. The lowest BCUT2D eigenvalue weighted by molar-refractivity contribution is 0.772. The van der Waals surface area contributed by atoms with Gasteiger partial charge in [-0.2, -0.15) is 5.10 Å². The van der Waals surface area contributed by atoms with Crippen LogP contribution in [0, 0.1) is 0 Å². The highest BCUT2D eigenvalue weighted by molar-refractivity contribution is 6.29. The minimum atomic E-state index is 0.479. The number of hydrogen-bond donors (Lipinski definition) is 0. The zero-order valence-corrected chi connectivity index (χ0v) is 11.1. The van der Waals surface area contributed by atoms with E-state index in [2.05, 4.69) is 28.1 Å². The SMILES string of the molecule is CCCc1nc(Cl)cc(-n2ccc(C3CC3)n2)n1. The van der Waals surface area contributed by atoms with Crippen molar-refractivity contribution in [3.8, 4) is 5.82 Å². The first-order valence-corrected chi connectivity index (χ1v) is 6.73. The first-order chi connectivity index (χ1) is 8.76. The Bertz CT molecular complexity index is 560. The van der Waals surface area contributed by atoms with Crippen molar-refractivity contribution in [3.05, 3.63) is 35.0 Å². The van der Waals surface area contributed by atoms with Crippen molar-refractivity contribution >= 4 is 11.6 Å². The summed E-state index contributed by atoms with van der Waals surface area (Å²) in [5.41, 5.74) is 1.15. The normalized spacial score (nSPS) is 15.0. The summed E-state index contributed by atoms with van der Waals surface area (Å²) >= 11 is 6.03. The van der Waals surface area contributed by atoms with E-state index in [1.807, 2.05) is 6.20 Å². The van der Waals surface area contributed by atoms with Gasteiger partial charge < -0.3 is 0 Å². The minimum Gasteiger partial charge on any atom is -0.222 e. The van der Waals surface area contributed by atoms with Crippen LogP contribution in [0.1, 0.15) is 43.6 Å². The van der Waals surface area contributed by atoms with Crippen molar-refractivity contribution < 1.29 is 0 Å². The molecule has 5 heteroatoms. The number of hydrogen-bond acceptors (Lipinski definition) is 3. The minimum absolute atomic E-state index is 0.479. The van der Waals surface area contributed by atoms with Gasteiger partial charge in [-0.05, 0) is 25.3 Å². The molecule has 0 spiro atoms. The van der Waals surface area contributed by atoms with Gasteiger partial charge in [0.15, 0.2) is 5.82 Å². The number of nitrogens with zero attached hydrogens (tertiary/aromatic N) is 4. The molecule has 0 aromatic carbocycles. The zero-order valence-electron chi connectivity index (χ0n) is 10.3. The Hall–Kier alpha value is -1.42. The van der Waals surface area contributed by atoms with E-state index in [9.17, 15) is 0 Å². The molecule has 0 N–H and O–H groups in total. The average molecular weight is 263 g/mol. The van der Waals surface area contributed by atoms with Crippen LogP contribution in [0.2, 0.25) is 5.15 Å². The summed E-state index contributed by atoms with van der Waals surface area (Å²) in [4.78, 5) is 8.71. The second-order valence-electron chi connectivity index (χ2n) is 4.67. The van der Waals surface area contributed by atoms with E-state index in [1.54, 1.807) is 10.7 Å². The van der Waals surface area contributed by atoms with Gasteiger partial charge in [0.2, 0.25) is 0 Å². The molecule has 3 rings (SSSR count). The number of rotatable bonds is 4. The third-order valence-corrected chi connectivity index (χ3v) is 3.23. The molecule has 1 aliphatic rings. The zero-order chi connectivity index (χ0) is 12.5. The van der Waals surface area contributed by atoms with Gasteiger partial charge in [0.25, 0.3) is 0 Å². The van der Waals surface area contributed by atoms with Crippen LogP contribution in [-0.4, -0.2) is 19.7 Å². The molecule has 0 atom stereocenters. The summed E-state index contributed by atoms with van der Waals surface area (Å²) in [6, 6.07) is 3.82. The Morgan fingerprint density at radius 2 is 2.22 bits per heavy atom. The highest BCUT2D eigenvalue weighted by Crippen LogP contribution is 2.38. The predicted molar refractivity (Wildman–Crippen MR) is 70.1 cm³/mol. The van der Waals surface area contributed by atoms with Crippen LogP contribution in [0.4, 0.5) is 0 Å². The second-order valence-corrected chi connectivity index (χ2v) is 5.06. The van der Waals surface area contributed by atoms with Gasteiger partial charge in [-0.25, -0.2) is 14.6 Å². The van der Waals surface area contributed by atoms with Gasteiger partial charge in [-0.3, -0.25) is 0 Å². The quantitative estimate of drug-likeness (QED) is 0.795. The highest BCUT2D eigenvalue weighted by atomic mass is 35.5. The van der Waals surface area contributed by atoms with Crippen LogP contribution in [0.5, 0.6) is 0 Å². The molecule has 0 bridgehead atoms. The third-order valence-electron chi connectivity index (χ3n) is 3.04. The topological polar surface area (TPSA) is 43.6 Å². The standard InChI is InChI=1S/C13H15ClN4/c1-2-3-12-15-11(14)8-13(16-12)18-7-6-10(17-18)9-4-5-9/h6-9H,2-5H2,1H3. The van der Waals surface area contributed by atoms with E-state index < -0.39 is 0 Å². The molecule has 0 saturated heterocycles. The predicted octanol–water partition coefficient (Wildman–Crippen LogP) is 3.15.